The van der Waals surface area contributed by atoms with Crippen LogP contribution in [-0.4, -0.2) is 42.9 Å². The van der Waals surface area contributed by atoms with Gasteiger partial charge in [0.1, 0.15) is 6.54 Å². The quantitative estimate of drug-likeness (QED) is 0.894. The van der Waals surface area contributed by atoms with E-state index in [1.807, 2.05) is 30.3 Å². The zero-order valence-electron chi connectivity index (χ0n) is 11.8. The van der Waals surface area contributed by atoms with E-state index in [1.54, 1.807) is 16.8 Å². The summed E-state index contributed by atoms with van der Waals surface area (Å²) in [7, 11) is 1.72. The van der Waals surface area contributed by atoms with Gasteiger partial charge in [0.2, 0.25) is 11.8 Å². The largest absolute Gasteiger partial charge is 0.332 e. The summed E-state index contributed by atoms with van der Waals surface area (Å²) in [5.74, 6) is -0.212. The lowest BCUT2D eigenvalue weighted by Gasteiger charge is -2.25. The average molecular weight is 275 g/mol. The van der Waals surface area contributed by atoms with Crippen molar-refractivity contribution in [3.8, 4) is 0 Å². The highest BCUT2D eigenvalue weighted by molar-refractivity contribution is 5.96. The van der Waals surface area contributed by atoms with Crippen molar-refractivity contribution < 1.29 is 9.59 Å². The van der Waals surface area contributed by atoms with E-state index in [0.717, 1.165) is 18.5 Å². The highest BCUT2D eigenvalue weighted by Gasteiger charge is 2.26. The lowest BCUT2D eigenvalue weighted by atomic mass is 10.1. The van der Waals surface area contributed by atoms with Crippen LogP contribution in [0.4, 0.5) is 5.69 Å². The van der Waals surface area contributed by atoms with Gasteiger partial charge in [0.05, 0.1) is 6.04 Å². The second kappa shape index (κ2) is 6.52. The van der Waals surface area contributed by atoms with Gasteiger partial charge in [-0.05, 0) is 31.4 Å². The Hall–Kier alpha value is -1.88. The van der Waals surface area contributed by atoms with Crippen LogP contribution in [0.2, 0.25) is 0 Å². The fourth-order valence-corrected chi connectivity index (χ4v) is 2.36. The van der Waals surface area contributed by atoms with Crippen LogP contribution in [0.15, 0.2) is 30.3 Å². The van der Waals surface area contributed by atoms with Crippen molar-refractivity contribution in [1.29, 1.82) is 0 Å². The van der Waals surface area contributed by atoms with Crippen molar-refractivity contribution in [3.63, 3.8) is 0 Å². The van der Waals surface area contributed by atoms with Crippen LogP contribution in [0, 0.1) is 0 Å². The summed E-state index contributed by atoms with van der Waals surface area (Å²) in [5, 5.41) is 0. The van der Waals surface area contributed by atoms with E-state index in [-0.39, 0.29) is 18.4 Å². The Morgan fingerprint density at radius 1 is 1.35 bits per heavy atom. The molecular weight excluding hydrogens is 254 g/mol. The van der Waals surface area contributed by atoms with E-state index in [4.69, 9.17) is 5.73 Å². The number of likely N-dealkylation sites (N-methyl/N-ethyl adjacent to an activating group) is 1. The maximum atomic E-state index is 12.3. The number of para-hydroxylation sites is 1. The van der Waals surface area contributed by atoms with Crippen molar-refractivity contribution in [1.82, 2.24) is 4.90 Å². The number of nitrogens with two attached hydrogens (primary N) is 1. The normalized spacial score (nSPS) is 19.6. The molecular formula is C15H21N3O2. The number of likely N-dealkylation sites (tertiary alicyclic amines) is 1. The molecule has 5 heteroatoms. The molecule has 1 unspecified atom stereocenters. The fraction of sp³-hybridized carbons (Fsp3) is 0.467. The van der Waals surface area contributed by atoms with Gasteiger partial charge in [-0.2, -0.15) is 0 Å². The molecule has 108 valence electrons. The second-order valence-electron chi connectivity index (χ2n) is 5.15. The number of carbonyl (C=O) groups excluding carboxylic acids is 2. The van der Waals surface area contributed by atoms with E-state index in [1.165, 1.54) is 0 Å². The summed E-state index contributed by atoms with van der Waals surface area (Å²) in [6.45, 7) is 0.707. The molecule has 0 aliphatic carbocycles. The minimum atomic E-state index is -0.465. The Labute approximate surface area is 119 Å². The summed E-state index contributed by atoms with van der Waals surface area (Å²) in [5.41, 5.74) is 6.64. The maximum absolute atomic E-state index is 12.3. The van der Waals surface area contributed by atoms with E-state index in [9.17, 15) is 9.59 Å². The summed E-state index contributed by atoms with van der Waals surface area (Å²) < 4.78 is 0. The molecule has 2 rings (SSSR count). The lowest BCUT2D eigenvalue weighted by Crippen LogP contribution is -2.47. The molecule has 1 heterocycles. The summed E-state index contributed by atoms with van der Waals surface area (Å²) in [6, 6.07) is 8.94. The summed E-state index contributed by atoms with van der Waals surface area (Å²) in [6.07, 6.45) is 2.55. The molecule has 0 aromatic heterocycles. The molecule has 20 heavy (non-hydrogen) atoms. The smallest absolute Gasteiger partial charge is 0.246 e. The van der Waals surface area contributed by atoms with Crippen molar-refractivity contribution in [2.75, 3.05) is 25.0 Å². The molecule has 1 aliphatic rings. The molecule has 2 N–H and O–H groups in total. The van der Waals surface area contributed by atoms with Gasteiger partial charge in [-0.1, -0.05) is 18.2 Å². The van der Waals surface area contributed by atoms with E-state index in [2.05, 4.69) is 0 Å². The second-order valence-corrected chi connectivity index (χ2v) is 5.15. The zero-order chi connectivity index (χ0) is 14.5. The Bertz CT molecular complexity index is 475. The third kappa shape index (κ3) is 3.36. The number of anilines is 1. The van der Waals surface area contributed by atoms with Gasteiger partial charge < -0.3 is 15.5 Å². The number of benzene rings is 1. The Kier molecular flexibility index (Phi) is 4.74. The van der Waals surface area contributed by atoms with Gasteiger partial charge in [0, 0.05) is 19.3 Å². The first kappa shape index (κ1) is 14.5. The predicted molar refractivity (Wildman–Crippen MR) is 78.3 cm³/mol. The molecule has 0 spiro atoms. The minimum Gasteiger partial charge on any atom is -0.332 e. The molecule has 1 aromatic rings. The maximum Gasteiger partial charge on any atom is 0.246 e. The lowest BCUT2D eigenvalue weighted by molar-refractivity contribution is -0.135. The molecule has 1 fully saturated rings. The first-order valence-corrected chi connectivity index (χ1v) is 6.95. The van der Waals surface area contributed by atoms with Gasteiger partial charge in [0.25, 0.3) is 0 Å². The summed E-state index contributed by atoms with van der Waals surface area (Å²) >= 11 is 0. The van der Waals surface area contributed by atoms with Crippen molar-refractivity contribution in [3.05, 3.63) is 30.3 Å². The molecule has 5 nitrogen and oxygen atoms in total. The molecule has 0 saturated carbocycles. The number of hydrogen-bond donors (Lipinski definition) is 1. The van der Waals surface area contributed by atoms with Crippen LogP contribution in [0.25, 0.3) is 0 Å². The first-order chi connectivity index (χ1) is 9.59. The Balaban J connectivity index is 2.01. The van der Waals surface area contributed by atoms with Crippen LogP contribution in [0.1, 0.15) is 19.3 Å². The van der Waals surface area contributed by atoms with Gasteiger partial charge in [-0.3, -0.25) is 9.59 Å². The molecule has 1 aromatic carbocycles. The number of amides is 2. The minimum absolute atomic E-state index is 0.0952. The van der Waals surface area contributed by atoms with E-state index < -0.39 is 6.04 Å². The molecule has 0 bridgehead atoms. The molecule has 2 amide bonds. The monoisotopic (exact) mass is 275 g/mol. The topological polar surface area (TPSA) is 66.6 Å². The van der Waals surface area contributed by atoms with Gasteiger partial charge in [-0.15, -0.1) is 0 Å². The summed E-state index contributed by atoms with van der Waals surface area (Å²) in [4.78, 5) is 27.5. The SMILES string of the molecule is CN(C(=O)CN1CCCCC(N)C1=O)c1ccccc1. The van der Waals surface area contributed by atoms with Crippen molar-refractivity contribution in [2.45, 2.75) is 25.3 Å². The number of hydrogen-bond acceptors (Lipinski definition) is 3. The van der Waals surface area contributed by atoms with Crippen molar-refractivity contribution in [2.24, 2.45) is 5.73 Å². The predicted octanol–water partition coefficient (Wildman–Crippen LogP) is 0.989. The standard InChI is InChI=1S/C15H21N3O2/c1-17(12-7-3-2-4-8-12)14(19)11-18-10-6-5-9-13(16)15(18)20/h2-4,7-8,13H,5-6,9-11,16H2,1H3. The van der Waals surface area contributed by atoms with Crippen LogP contribution in [0.5, 0.6) is 0 Å². The van der Waals surface area contributed by atoms with E-state index in [0.29, 0.717) is 13.0 Å². The van der Waals surface area contributed by atoms with Crippen LogP contribution in [0.3, 0.4) is 0 Å². The molecule has 1 saturated heterocycles. The molecule has 1 aliphatic heterocycles. The van der Waals surface area contributed by atoms with Crippen LogP contribution in [-0.2, 0) is 9.59 Å². The highest BCUT2D eigenvalue weighted by Crippen LogP contribution is 2.14. The van der Waals surface area contributed by atoms with Crippen LogP contribution >= 0.6 is 0 Å². The molecule has 1 atom stereocenters. The number of nitrogens with zero attached hydrogens (tertiary/aromatic N) is 2. The third-order valence-electron chi connectivity index (χ3n) is 3.67. The van der Waals surface area contributed by atoms with Gasteiger partial charge in [0.15, 0.2) is 0 Å². The number of rotatable bonds is 3. The van der Waals surface area contributed by atoms with Gasteiger partial charge in [-0.25, -0.2) is 0 Å². The van der Waals surface area contributed by atoms with Crippen molar-refractivity contribution >= 4 is 17.5 Å². The Morgan fingerprint density at radius 3 is 2.75 bits per heavy atom. The number of carbonyl (C=O) groups is 2. The molecule has 0 radical (unpaired) electrons. The first-order valence-electron chi connectivity index (χ1n) is 6.95. The Morgan fingerprint density at radius 2 is 2.05 bits per heavy atom. The average Bonchev–Trinajstić information content (AvgIpc) is 2.63. The van der Waals surface area contributed by atoms with Crippen LogP contribution < -0.4 is 10.6 Å². The zero-order valence-corrected chi connectivity index (χ0v) is 11.8. The third-order valence-corrected chi connectivity index (χ3v) is 3.67. The fourth-order valence-electron chi connectivity index (χ4n) is 2.36. The van der Waals surface area contributed by atoms with Gasteiger partial charge >= 0.3 is 0 Å². The highest BCUT2D eigenvalue weighted by atomic mass is 16.2. The van der Waals surface area contributed by atoms with E-state index >= 15 is 0 Å².